The van der Waals surface area contributed by atoms with E-state index >= 15 is 0 Å². The van der Waals surface area contributed by atoms with E-state index in [4.69, 9.17) is 14.6 Å². The molecule has 1 aliphatic carbocycles. The minimum Gasteiger partial charge on any atom is -0.479 e. The van der Waals surface area contributed by atoms with Crippen LogP contribution in [0.1, 0.15) is 32.1 Å². The molecular formula is C13H21NO5. The monoisotopic (exact) mass is 271 g/mol. The van der Waals surface area contributed by atoms with Gasteiger partial charge in [-0.15, -0.1) is 0 Å². The molecule has 1 saturated heterocycles. The van der Waals surface area contributed by atoms with Crippen molar-refractivity contribution in [1.29, 1.82) is 0 Å². The fourth-order valence-corrected chi connectivity index (χ4v) is 2.41. The van der Waals surface area contributed by atoms with Crippen LogP contribution in [0, 0.1) is 5.41 Å². The predicted octanol–water partition coefficient (Wildman–Crippen LogP) is 0.551. The number of hydrogen-bond acceptors (Lipinski definition) is 4. The SMILES string of the molecule is COCCC1(CNC(=O)C2CCC(C(=O)O)O2)CC1. The van der Waals surface area contributed by atoms with Crippen molar-refractivity contribution in [1.82, 2.24) is 5.32 Å². The summed E-state index contributed by atoms with van der Waals surface area (Å²) in [7, 11) is 1.67. The molecule has 0 radical (unpaired) electrons. The number of hydrogen-bond donors (Lipinski definition) is 2. The van der Waals surface area contributed by atoms with E-state index in [1.165, 1.54) is 0 Å². The van der Waals surface area contributed by atoms with Gasteiger partial charge in [0, 0.05) is 20.3 Å². The van der Waals surface area contributed by atoms with Gasteiger partial charge in [-0.2, -0.15) is 0 Å². The number of nitrogens with one attached hydrogen (secondary N) is 1. The van der Waals surface area contributed by atoms with Crippen LogP contribution < -0.4 is 5.32 Å². The molecule has 2 unspecified atom stereocenters. The number of ether oxygens (including phenoxy) is 2. The number of methoxy groups -OCH3 is 1. The number of carbonyl (C=O) groups is 2. The first kappa shape index (κ1) is 14.3. The Hall–Kier alpha value is -1.14. The Labute approximate surface area is 112 Å². The first-order chi connectivity index (χ1) is 9.06. The largest absolute Gasteiger partial charge is 0.479 e. The Bertz CT molecular complexity index is 353. The standard InChI is InChI=1S/C13H21NO5/c1-18-7-6-13(4-5-13)8-14-11(15)9-2-3-10(19-9)12(16)17/h9-10H,2-8H2,1H3,(H,14,15)(H,16,17). The van der Waals surface area contributed by atoms with Crippen LogP contribution in [-0.4, -0.2) is 49.5 Å². The summed E-state index contributed by atoms with van der Waals surface area (Å²) in [6, 6.07) is 0. The van der Waals surface area contributed by atoms with Gasteiger partial charge in [-0.3, -0.25) is 4.79 Å². The second kappa shape index (κ2) is 5.88. The fourth-order valence-electron chi connectivity index (χ4n) is 2.41. The summed E-state index contributed by atoms with van der Waals surface area (Å²) in [6.07, 6.45) is 2.61. The summed E-state index contributed by atoms with van der Waals surface area (Å²) >= 11 is 0. The zero-order valence-corrected chi connectivity index (χ0v) is 11.2. The van der Waals surface area contributed by atoms with E-state index in [1.807, 2.05) is 0 Å². The number of aliphatic carboxylic acids is 1. The van der Waals surface area contributed by atoms with Crippen LogP contribution in [0.5, 0.6) is 0 Å². The highest BCUT2D eigenvalue weighted by atomic mass is 16.5. The van der Waals surface area contributed by atoms with E-state index in [1.54, 1.807) is 7.11 Å². The molecule has 108 valence electrons. The maximum absolute atomic E-state index is 11.9. The Morgan fingerprint density at radius 1 is 1.37 bits per heavy atom. The van der Waals surface area contributed by atoms with Crippen LogP contribution >= 0.6 is 0 Å². The highest BCUT2D eigenvalue weighted by Crippen LogP contribution is 2.48. The number of amides is 1. The zero-order valence-electron chi connectivity index (χ0n) is 11.2. The molecule has 2 atom stereocenters. The van der Waals surface area contributed by atoms with Gasteiger partial charge in [-0.25, -0.2) is 4.79 Å². The van der Waals surface area contributed by atoms with Crippen LogP contribution in [0.15, 0.2) is 0 Å². The van der Waals surface area contributed by atoms with Gasteiger partial charge in [0.25, 0.3) is 0 Å². The van der Waals surface area contributed by atoms with Crippen LogP contribution in [0.3, 0.4) is 0 Å². The molecule has 0 aromatic heterocycles. The second-order valence-corrected chi connectivity index (χ2v) is 5.49. The maximum Gasteiger partial charge on any atom is 0.332 e. The van der Waals surface area contributed by atoms with Gasteiger partial charge < -0.3 is 19.9 Å². The van der Waals surface area contributed by atoms with Crippen molar-refractivity contribution in [2.75, 3.05) is 20.3 Å². The fraction of sp³-hybridized carbons (Fsp3) is 0.846. The smallest absolute Gasteiger partial charge is 0.332 e. The lowest BCUT2D eigenvalue weighted by Gasteiger charge is -2.17. The van der Waals surface area contributed by atoms with Crippen molar-refractivity contribution in [2.24, 2.45) is 5.41 Å². The summed E-state index contributed by atoms with van der Waals surface area (Å²) in [6.45, 7) is 1.34. The Kier molecular flexibility index (Phi) is 4.42. The molecule has 0 aromatic rings. The van der Waals surface area contributed by atoms with E-state index in [9.17, 15) is 9.59 Å². The molecule has 2 rings (SSSR count). The molecule has 0 aromatic carbocycles. The number of carboxylic acids is 1. The average Bonchev–Trinajstić information content (AvgIpc) is 2.97. The van der Waals surface area contributed by atoms with Crippen LogP contribution in [0.4, 0.5) is 0 Å². The lowest BCUT2D eigenvalue weighted by molar-refractivity contribution is -0.151. The van der Waals surface area contributed by atoms with Crippen molar-refractivity contribution in [3.63, 3.8) is 0 Å². The van der Waals surface area contributed by atoms with E-state index in [0.717, 1.165) is 19.3 Å². The Morgan fingerprint density at radius 2 is 2.05 bits per heavy atom. The van der Waals surface area contributed by atoms with E-state index in [-0.39, 0.29) is 11.3 Å². The molecule has 1 heterocycles. The summed E-state index contributed by atoms with van der Waals surface area (Å²) in [5.74, 6) is -1.18. The van der Waals surface area contributed by atoms with E-state index < -0.39 is 18.2 Å². The molecule has 2 N–H and O–H groups in total. The summed E-state index contributed by atoms with van der Waals surface area (Å²) in [5, 5.41) is 11.7. The van der Waals surface area contributed by atoms with Crippen molar-refractivity contribution < 1.29 is 24.2 Å². The molecule has 6 heteroatoms. The van der Waals surface area contributed by atoms with Gasteiger partial charge in [0.2, 0.25) is 5.91 Å². The van der Waals surface area contributed by atoms with Crippen molar-refractivity contribution in [3.8, 4) is 0 Å². The second-order valence-electron chi connectivity index (χ2n) is 5.49. The normalized spacial score (nSPS) is 28.1. The van der Waals surface area contributed by atoms with Crippen LogP contribution in [0.2, 0.25) is 0 Å². The van der Waals surface area contributed by atoms with Crippen LogP contribution in [0.25, 0.3) is 0 Å². The predicted molar refractivity (Wildman–Crippen MR) is 66.7 cm³/mol. The van der Waals surface area contributed by atoms with E-state index in [2.05, 4.69) is 5.32 Å². The maximum atomic E-state index is 11.9. The van der Waals surface area contributed by atoms with Gasteiger partial charge in [-0.1, -0.05) is 0 Å². The van der Waals surface area contributed by atoms with Crippen molar-refractivity contribution in [2.45, 2.75) is 44.3 Å². The first-order valence-corrected chi connectivity index (χ1v) is 6.71. The minimum atomic E-state index is -0.992. The number of carboxylic acid groups (broad SMARTS) is 1. The third-order valence-corrected chi connectivity index (χ3v) is 4.02. The summed E-state index contributed by atoms with van der Waals surface area (Å²) in [5.41, 5.74) is 0.191. The third-order valence-electron chi connectivity index (χ3n) is 4.02. The minimum absolute atomic E-state index is 0.188. The van der Waals surface area contributed by atoms with E-state index in [0.29, 0.717) is 26.0 Å². The number of rotatable bonds is 7. The first-order valence-electron chi connectivity index (χ1n) is 6.71. The molecule has 1 aliphatic heterocycles. The molecule has 1 amide bonds. The molecule has 1 saturated carbocycles. The Balaban J connectivity index is 1.72. The molecular weight excluding hydrogens is 250 g/mol. The van der Waals surface area contributed by atoms with Gasteiger partial charge in [0.1, 0.15) is 6.10 Å². The van der Waals surface area contributed by atoms with Gasteiger partial charge >= 0.3 is 5.97 Å². The molecule has 2 aliphatic rings. The highest BCUT2D eigenvalue weighted by molar-refractivity contribution is 5.82. The van der Waals surface area contributed by atoms with Gasteiger partial charge in [-0.05, 0) is 37.5 Å². The molecule has 19 heavy (non-hydrogen) atoms. The molecule has 0 spiro atoms. The molecule has 0 bridgehead atoms. The molecule has 6 nitrogen and oxygen atoms in total. The van der Waals surface area contributed by atoms with Crippen molar-refractivity contribution in [3.05, 3.63) is 0 Å². The average molecular weight is 271 g/mol. The highest BCUT2D eigenvalue weighted by Gasteiger charge is 2.43. The summed E-state index contributed by atoms with van der Waals surface area (Å²) in [4.78, 5) is 22.6. The summed E-state index contributed by atoms with van der Waals surface area (Å²) < 4.78 is 10.3. The third kappa shape index (κ3) is 3.67. The Morgan fingerprint density at radius 3 is 2.58 bits per heavy atom. The lowest BCUT2D eigenvalue weighted by atomic mass is 10.0. The number of carbonyl (C=O) groups excluding carboxylic acids is 1. The van der Waals surface area contributed by atoms with Crippen molar-refractivity contribution >= 4 is 11.9 Å². The van der Waals surface area contributed by atoms with Gasteiger partial charge in [0.15, 0.2) is 6.10 Å². The quantitative estimate of drug-likeness (QED) is 0.706. The molecule has 2 fully saturated rings. The lowest BCUT2D eigenvalue weighted by Crippen LogP contribution is -2.38. The van der Waals surface area contributed by atoms with Gasteiger partial charge in [0.05, 0.1) is 0 Å². The topological polar surface area (TPSA) is 84.9 Å². The zero-order chi connectivity index (χ0) is 13.9. The van der Waals surface area contributed by atoms with Crippen LogP contribution in [-0.2, 0) is 19.1 Å².